The normalized spacial score (nSPS) is 21.4. The second-order valence-corrected chi connectivity index (χ2v) is 9.09. The fourth-order valence-electron chi connectivity index (χ4n) is 4.50. The van der Waals surface area contributed by atoms with Crippen LogP contribution in [0.2, 0.25) is 0 Å². The van der Waals surface area contributed by atoms with E-state index in [-0.39, 0.29) is 22.0 Å². The van der Waals surface area contributed by atoms with E-state index in [4.69, 9.17) is 4.74 Å². The number of aryl methyl sites for hydroxylation is 1. The van der Waals surface area contributed by atoms with Crippen LogP contribution < -0.4 is 10.5 Å². The van der Waals surface area contributed by atoms with Gasteiger partial charge in [0.2, 0.25) is 0 Å². The minimum atomic E-state index is -0.383. The molecule has 2 fully saturated rings. The summed E-state index contributed by atoms with van der Waals surface area (Å²) in [6.45, 7) is 2.22. The summed E-state index contributed by atoms with van der Waals surface area (Å²) in [4.78, 5) is 19.5. The van der Waals surface area contributed by atoms with E-state index in [0.717, 1.165) is 24.2 Å². The molecule has 156 valence electrons. The zero-order valence-corrected chi connectivity index (χ0v) is 17.9. The number of aromatic nitrogens is 4. The monoisotopic (exact) mass is 473 g/mol. The van der Waals surface area contributed by atoms with E-state index in [9.17, 15) is 4.79 Å². The zero-order chi connectivity index (χ0) is 20.4. The SMILES string of the molecule is O=c1c2cc(N3CCO[C@@H](c4cnn(C5CC5)c4)C3)c(F)c(Br)c2nc2n1CCC2. The first-order chi connectivity index (χ1) is 14.6. The number of morpholine rings is 1. The van der Waals surface area contributed by atoms with E-state index < -0.39 is 0 Å². The molecule has 0 unspecified atom stereocenters. The molecular formula is C21H21BrFN5O2. The van der Waals surface area contributed by atoms with Crippen LogP contribution >= 0.6 is 15.9 Å². The number of hydrogen-bond donors (Lipinski definition) is 0. The van der Waals surface area contributed by atoms with Crippen molar-refractivity contribution < 1.29 is 9.13 Å². The van der Waals surface area contributed by atoms with Crippen LogP contribution in [0.4, 0.5) is 10.1 Å². The Morgan fingerprint density at radius 1 is 1.27 bits per heavy atom. The van der Waals surface area contributed by atoms with Crippen LogP contribution in [0.1, 0.15) is 42.8 Å². The Morgan fingerprint density at radius 2 is 2.13 bits per heavy atom. The van der Waals surface area contributed by atoms with Crippen molar-refractivity contribution in [2.75, 3.05) is 24.6 Å². The summed E-state index contributed by atoms with van der Waals surface area (Å²) in [7, 11) is 0. The van der Waals surface area contributed by atoms with Crippen LogP contribution in [0.25, 0.3) is 10.9 Å². The van der Waals surface area contributed by atoms with Gasteiger partial charge in [0.1, 0.15) is 11.9 Å². The molecule has 2 aromatic heterocycles. The Kier molecular flexibility index (Phi) is 4.24. The lowest BCUT2D eigenvalue weighted by Crippen LogP contribution is -2.39. The number of nitrogens with zero attached hydrogens (tertiary/aromatic N) is 5. The number of ether oxygens (including phenoxy) is 1. The van der Waals surface area contributed by atoms with Crippen LogP contribution in [0.15, 0.2) is 27.7 Å². The summed E-state index contributed by atoms with van der Waals surface area (Å²) in [5, 5.41) is 4.91. The van der Waals surface area contributed by atoms with Crippen molar-refractivity contribution in [1.29, 1.82) is 0 Å². The summed E-state index contributed by atoms with van der Waals surface area (Å²) in [5.74, 6) is 0.353. The summed E-state index contributed by atoms with van der Waals surface area (Å²) < 4.78 is 25.3. The molecule has 0 amide bonds. The zero-order valence-electron chi connectivity index (χ0n) is 16.4. The molecule has 0 spiro atoms. The second kappa shape index (κ2) is 6.88. The van der Waals surface area contributed by atoms with Crippen LogP contribution in [-0.2, 0) is 17.7 Å². The van der Waals surface area contributed by atoms with Crippen molar-refractivity contribution in [3.8, 4) is 0 Å². The maximum absolute atomic E-state index is 15.4. The molecule has 0 radical (unpaired) electrons. The van der Waals surface area contributed by atoms with Gasteiger partial charge in [-0.15, -0.1) is 0 Å². The highest BCUT2D eigenvalue weighted by atomic mass is 79.9. The van der Waals surface area contributed by atoms with Crippen molar-refractivity contribution in [2.24, 2.45) is 0 Å². The highest BCUT2D eigenvalue weighted by Gasteiger charge is 2.30. The van der Waals surface area contributed by atoms with E-state index in [0.29, 0.717) is 48.9 Å². The average molecular weight is 474 g/mol. The molecule has 1 saturated carbocycles. The van der Waals surface area contributed by atoms with Gasteiger partial charge in [-0.1, -0.05) is 0 Å². The molecule has 3 aromatic rings. The molecule has 1 aliphatic carbocycles. The number of fused-ring (bicyclic) bond motifs is 2. The third kappa shape index (κ3) is 2.90. The molecule has 9 heteroatoms. The fourth-order valence-corrected chi connectivity index (χ4v) is 5.01. The lowest BCUT2D eigenvalue weighted by Gasteiger charge is -2.34. The van der Waals surface area contributed by atoms with Gasteiger partial charge in [-0.2, -0.15) is 5.10 Å². The first-order valence-corrected chi connectivity index (χ1v) is 11.2. The van der Waals surface area contributed by atoms with Crippen LogP contribution in [0.5, 0.6) is 0 Å². The van der Waals surface area contributed by atoms with E-state index in [2.05, 4.69) is 26.0 Å². The largest absolute Gasteiger partial charge is 0.370 e. The molecule has 1 aromatic carbocycles. The second-order valence-electron chi connectivity index (χ2n) is 8.30. The lowest BCUT2D eigenvalue weighted by molar-refractivity contribution is 0.0395. The summed E-state index contributed by atoms with van der Waals surface area (Å²) in [6, 6.07) is 2.17. The molecule has 7 nitrogen and oxygen atoms in total. The van der Waals surface area contributed by atoms with E-state index in [1.165, 1.54) is 12.8 Å². The molecule has 4 heterocycles. The summed E-state index contributed by atoms with van der Waals surface area (Å²) in [5.41, 5.74) is 1.73. The maximum atomic E-state index is 15.4. The van der Waals surface area contributed by atoms with Gasteiger partial charge in [0.25, 0.3) is 5.56 Å². The molecule has 2 aliphatic heterocycles. The van der Waals surface area contributed by atoms with E-state index >= 15 is 4.39 Å². The van der Waals surface area contributed by atoms with Gasteiger partial charge in [-0.05, 0) is 41.3 Å². The molecular weight excluding hydrogens is 453 g/mol. The van der Waals surface area contributed by atoms with Gasteiger partial charge in [0, 0.05) is 37.8 Å². The first-order valence-electron chi connectivity index (χ1n) is 10.4. The minimum Gasteiger partial charge on any atom is -0.370 e. The van der Waals surface area contributed by atoms with Gasteiger partial charge < -0.3 is 9.64 Å². The number of hydrogen-bond acceptors (Lipinski definition) is 5. The van der Waals surface area contributed by atoms with Crippen LogP contribution in [-0.4, -0.2) is 39.0 Å². The van der Waals surface area contributed by atoms with E-state index in [1.54, 1.807) is 10.6 Å². The summed E-state index contributed by atoms with van der Waals surface area (Å²) >= 11 is 3.37. The van der Waals surface area contributed by atoms with Gasteiger partial charge in [0.05, 0.1) is 39.9 Å². The Balaban J connectivity index is 1.38. The lowest BCUT2D eigenvalue weighted by atomic mass is 10.1. The molecule has 3 aliphatic rings. The van der Waals surface area contributed by atoms with Crippen LogP contribution in [0, 0.1) is 5.82 Å². The van der Waals surface area contributed by atoms with Gasteiger partial charge >= 0.3 is 0 Å². The quantitative estimate of drug-likeness (QED) is 0.583. The Labute approximate surface area is 180 Å². The topological polar surface area (TPSA) is 65.2 Å². The third-order valence-corrected chi connectivity index (χ3v) is 7.02. The minimum absolute atomic E-state index is 0.0926. The smallest absolute Gasteiger partial charge is 0.261 e. The summed E-state index contributed by atoms with van der Waals surface area (Å²) in [6.07, 6.45) is 7.69. The molecule has 30 heavy (non-hydrogen) atoms. The number of halogens is 2. The predicted molar refractivity (Wildman–Crippen MR) is 113 cm³/mol. The Morgan fingerprint density at radius 3 is 2.97 bits per heavy atom. The maximum Gasteiger partial charge on any atom is 0.261 e. The Bertz CT molecular complexity index is 1220. The number of benzene rings is 1. The fraction of sp³-hybridized carbons (Fsp3) is 0.476. The predicted octanol–water partition coefficient (Wildman–Crippen LogP) is 3.35. The van der Waals surface area contributed by atoms with Crippen molar-refractivity contribution >= 4 is 32.5 Å². The standard InChI is InChI=1S/C21H21BrFN5O2/c22-18-19(23)15(8-14-20(18)25-17-2-1-5-27(17)21(14)29)26-6-7-30-16(11-26)12-9-24-28(10-12)13-3-4-13/h8-10,13,16H,1-7,11H2/t16-/m1/s1. The third-order valence-electron chi connectivity index (χ3n) is 6.29. The highest BCUT2D eigenvalue weighted by molar-refractivity contribution is 9.10. The first kappa shape index (κ1) is 18.5. The van der Waals surface area contributed by atoms with Crippen molar-refractivity contribution in [2.45, 2.75) is 44.4 Å². The van der Waals surface area contributed by atoms with Gasteiger partial charge in [-0.3, -0.25) is 14.0 Å². The van der Waals surface area contributed by atoms with Crippen molar-refractivity contribution in [1.82, 2.24) is 19.3 Å². The number of rotatable bonds is 3. The van der Waals surface area contributed by atoms with Crippen molar-refractivity contribution in [3.63, 3.8) is 0 Å². The Hall–Kier alpha value is -2.26. The molecule has 0 bridgehead atoms. The highest BCUT2D eigenvalue weighted by Crippen LogP contribution is 2.37. The van der Waals surface area contributed by atoms with E-state index in [1.807, 2.05) is 22.0 Å². The number of anilines is 1. The van der Waals surface area contributed by atoms with Gasteiger partial charge in [0.15, 0.2) is 5.82 Å². The molecule has 6 rings (SSSR count). The van der Waals surface area contributed by atoms with Crippen molar-refractivity contribution in [3.05, 3.63) is 50.5 Å². The molecule has 0 N–H and O–H groups in total. The molecule has 1 saturated heterocycles. The van der Waals surface area contributed by atoms with Gasteiger partial charge in [-0.25, -0.2) is 9.37 Å². The molecule has 1 atom stereocenters. The van der Waals surface area contributed by atoms with Crippen LogP contribution in [0.3, 0.4) is 0 Å². The average Bonchev–Trinajstić information content (AvgIpc) is 3.29.